The molecule has 0 aromatic carbocycles. The number of carbonyl (C=O) groups is 1. The second kappa shape index (κ2) is 5.38. The molecule has 0 radical (unpaired) electrons. The number of amides is 1. The van der Waals surface area contributed by atoms with Crippen LogP contribution in [0, 0.1) is 13.8 Å². The van der Waals surface area contributed by atoms with Gasteiger partial charge >= 0.3 is 0 Å². The van der Waals surface area contributed by atoms with E-state index in [4.69, 9.17) is 4.74 Å². The average Bonchev–Trinajstić information content (AvgIpc) is 3.07. The number of nitrogens with zero attached hydrogens (tertiary/aromatic N) is 2. The van der Waals surface area contributed by atoms with Crippen LogP contribution in [0.15, 0.2) is 17.6 Å². The van der Waals surface area contributed by atoms with Gasteiger partial charge in [-0.05, 0) is 30.9 Å². The molecule has 0 unspecified atom stereocenters. The number of H-pyrrole nitrogens is 1. The summed E-state index contributed by atoms with van der Waals surface area (Å²) in [5, 5.41) is 1.95. The molecule has 1 atom stereocenters. The van der Waals surface area contributed by atoms with Gasteiger partial charge in [0.25, 0.3) is 5.91 Å². The first-order valence-corrected chi connectivity index (χ1v) is 7.49. The fraction of sp³-hybridized carbons (Fsp3) is 0.429. The van der Waals surface area contributed by atoms with Crippen molar-refractivity contribution in [3.63, 3.8) is 0 Å². The van der Waals surface area contributed by atoms with Crippen LogP contribution in [0.4, 0.5) is 0 Å². The van der Waals surface area contributed by atoms with E-state index in [2.05, 4.69) is 9.97 Å². The Balaban J connectivity index is 1.89. The third kappa shape index (κ3) is 2.36. The molecule has 6 heteroatoms. The average molecular weight is 291 g/mol. The third-order valence-corrected chi connectivity index (χ3v) is 4.49. The van der Waals surface area contributed by atoms with E-state index >= 15 is 0 Å². The fourth-order valence-electron chi connectivity index (χ4n) is 2.40. The van der Waals surface area contributed by atoms with E-state index < -0.39 is 0 Å². The molecule has 2 aromatic rings. The number of aromatic nitrogens is 2. The summed E-state index contributed by atoms with van der Waals surface area (Å²) in [7, 11) is 0. The summed E-state index contributed by atoms with van der Waals surface area (Å²) in [6, 6.07) is 1.84. The highest BCUT2D eigenvalue weighted by atomic mass is 32.1. The minimum Gasteiger partial charge on any atom is -0.377 e. The molecule has 5 nitrogen and oxygen atoms in total. The van der Waals surface area contributed by atoms with E-state index in [9.17, 15) is 4.79 Å². The van der Waals surface area contributed by atoms with Crippen molar-refractivity contribution in [3.8, 4) is 0 Å². The zero-order chi connectivity index (χ0) is 14.1. The van der Waals surface area contributed by atoms with Crippen molar-refractivity contribution in [1.29, 1.82) is 0 Å². The highest BCUT2D eigenvalue weighted by Crippen LogP contribution is 2.26. The van der Waals surface area contributed by atoms with Crippen LogP contribution in [0.3, 0.4) is 0 Å². The fourth-order valence-corrected chi connectivity index (χ4v) is 3.28. The smallest absolute Gasteiger partial charge is 0.264 e. The summed E-state index contributed by atoms with van der Waals surface area (Å²) in [4.78, 5) is 22.9. The molecular weight excluding hydrogens is 274 g/mol. The number of carbonyl (C=O) groups excluding carboxylic acids is 1. The second-order valence-corrected chi connectivity index (χ2v) is 5.89. The number of nitrogens with one attached hydrogen (secondary N) is 1. The summed E-state index contributed by atoms with van der Waals surface area (Å²) >= 11 is 1.49. The van der Waals surface area contributed by atoms with Crippen LogP contribution >= 0.6 is 11.3 Å². The van der Waals surface area contributed by atoms with Crippen molar-refractivity contribution in [1.82, 2.24) is 14.9 Å². The van der Waals surface area contributed by atoms with Gasteiger partial charge in [0, 0.05) is 18.4 Å². The first kappa shape index (κ1) is 13.3. The molecule has 0 bridgehead atoms. The molecule has 1 amide bonds. The zero-order valence-electron chi connectivity index (χ0n) is 11.5. The van der Waals surface area contributed by atoms with Gasteiger partial charge in [-0.2, -0.15) is 0 Å². The standard InChI is InChI=1S/C14H17N3O2S/c1-9-3-6-20-12(9)14(18)17-4-5-19-8-11(17)13-15-7-10(2)16-13/h3,6-7,11H,4-5,8H2,1-2H3,(H,15,16)/t11-/m0/s1. The number of hydrogen-bond donors (Lipinski definition) is 1. The van der Waals surface area contributed by atoms with Crippen LogP contribution in [-0.2, 0) is 4.74 Å². The molecule has 1 N–H and O–H groups in total. The lowest BCUT2D eigenvalue weighted by Crippen LogP contribution is -2.43. The molecule has 0 saturated carbocycles. The molecule has 0 spiro atoms. The lowest BCUT2D eigenvalue weighted by molar-refractivity contribution is -0.00478. The highest BCUT2D eigenvalue weighted by molar-refractivity contribution is 7.12. The zero-order valence-corrected chi connectivity index (χ0v) is 12.4. The molecule has 3 heterocycles. The monoisotopic (exact) mass is 291 g/mol. The maximum Gasteiger partial charge on any atom is 0.264 e. The normalized spacial score (nSPS) is 19.3. The third-order valence-electron chi connectivity index (χ3n) is 3.48. The van der Waals surface area contributed by atoms with Crippen LogP contribution in [0.25, 0.3) is 0 Å². The summed E-state index contributed by atoms with van der Waals surface area (Å²) in [6.07, 6.45) is 1.78. The molecule has 106 valence electrons. The predicted octanol–water partition coefficient (Wildman–Crippen LogP) is 2.30. The van der Waals surface area contributed by atoms with E-state index in [0.29, 0.717) is 19.8 Å². The molecule has 1 fully saturated rings. The lowest BCUT2D eigenvalue weighted by Gasteiger charge is -2.34. The van der Waals surface area contributed by atoms with Crippen molar-refractivity contribution >= 4 is 17.2 Å². The summed E-state index contributed by atoms with van der Waals surface area (Å²) in [6.45, 7) is 5.59. The molecule has 2 aromatic heterocycles. The van der Waals surface area contributed by atoms with Gasteiger partial charge in [0.05, 0.1) is 18.1 Å². The van der Waals surface area contributed by atoms with E-state index in [1.54, 1.807) is 6.20 Å². The van der Waals surface area contributed by atoms with Gasteiger partial charge in [-0.1, -0.05) is 0 Å². The second-order valence-electron chi connectivity index (χ2n) is 4.97. The van der Waals surface area contributed by atoms with Gasteiger partial charge in [0.1, 0.15) is 11.9 Å². The van der Waals surface area contributed by atoms with E-state index in [-0.39, 0.29) is 11.9 Å². The molecule has 3 rings (SSSR count). The largest absolute Gasteiger partial charge is 0.377 e. The summed E-state index contributed by atoms with van der Waals surface area (Å²) in [5.41, 5.74) is 2.02. The van der Waals surface area contributed by atoms with E-state index in [1.807, 2.05) is 30.2 Å². The lowest BCUT2D eigenvalue weighted by atomic mass is 10.2. The Morgan fingerprint density at radius 2 is 2.40 bits per heavy atom. The van der Waals surface area contributed by atoms with Gasteiger partial charge in [-0.3, -0.25) is 4.79 Å². The first-order valence-electron chi connectivity index (χ1n) is 6.61. The molecule has 1 aliphatic heterocycles. The van der Waals surface area contributed by atoms with Crippen molar-refractivity contribution in [3.05, 3.63) is 39.6 Å². The Hall–Kier alpha value is -1.66. The molecule has 1 aliphatic rings. The number of thiophene rings is 1. The van der Waals surface area contributed by atoms with Gasteiger partial charge in [-0.25, -0.2) is 4.98 Å². The Bertz CT molecular complexity index is 619. The van der Waals surface area contributed by atoms with E-state index in [1.165, 1.54) is 11.3 Å². The Morgan fingerprint density at radius 3 is 3.05 bits per heavy atom. The predicted molar refractivity (Wildman–Crippen MR) is 77.0 cm³/mol. The van der Waals surface area contributed by atoms with Crippen molar-refractivity contribution in [2.24, 2.45) is 0 Å². The van der Waals surface area contributed by atoms with Gasteiger partial charge in [0.2, 0.25) is 0 Å². The molecular formula is C14H17N3O2S. The van der Waals surface area contributed by atoms with Gasteiger partial charge in [-0.15, -0.1) is 11.3 Å². The SMILES string of the molecule is Cc1cnc([C@@H]2COCCN2C(=O)c2sccc2C)[nH]1. The summed E-state index contributed by atoms with van der Waals surface area (Å²) < 4.78 is 5.52. The Kier molecular flexibility index (Phi) is 3.58. The number of imidazole rings is 1. The minimum absolute atomic E-state index is 0.0693. The quantitative estimate of drug-likeness (QED) is 0.923. The van der Waals surface area contributed by atoms with Crippen molar-refractivity contribution in [2.45, 2.75) is 19.9 Å². The Labute approximate surface area is 121 Å². The van der Waals surface area contributed by atoms with Crippen LogP contribution in [-0.4, -0.2) is 40.5 Å². The number of ether oxygens (including phenoxy) is 1. The van der Waals surface area contributed by atoms with Crippen LogP contribution in [0.5, 0.6) is 0 Å². The number of rotatable bonds is 2. The minimum atomic E-state index is -0.133. The van der Waals surface area contributed by atoms with Crippen molar-refractivity contribution in [2.75, 3.05) is 19.8 Å². The Morgan fingerprint density at radius 1 is 1.55 bits per heavy atom. The molecule has 0 aliphatic carbocycles. The van der Waals surface area contributed by atoms with Gasteiger partial charge in [0.15, 0.2) is 0 Å². The maximum atomic E-state index is 12.7. The van der Waals surface area contributed by atoms with Crippen LogP contribution < -0.4 is 0 Å². The topological polar surface area (TPSA) is 58.2 Å². The van der Waals surface area contributed by atoms with Crippen LogP contribution in [0.1, 0.15) is 32.8 Å². The number of morpholine rings is 1. The molecule has 1 saturated heterocycles. The van der Waals surface area contributed by atoms with E-state index in [0.717, 1.165) is 22.0 Å². The number of aromatic amines is 1. The van der Waals surface area contributed by atoms with Crippen molar-refractivity contribution < 1.29 is 9.53 Å². The maximum absolute atomic E-state index is 12.7. The molecule has 20 heavy (non-hydrogen) atoms. The number of aryl methyl sites for hydroxylation is 2. The van der Waals surface area contributed by atoms with Gasteiger partial charge < -0.3 is 14.6 Å². The summed E-state index contributed by atoms with van der Waals surface area (Å²) in [5.74, 6) is 0.865. The van der Waals surface area contributed by atoms with Crippen LogP contribution in [0.2, 0.25) is 0 Å². The number of hydrogen-bond acceptors (Lipinski definition) is 4. The highest BCUT2D eigenvalue weighted by Gasteiger charge is 2.32. The first-order chi connectivity index (χ1) is 9.66.